The number of methoxy groups -OCH3 is 1. The Morgan fingerprint density at radius 2 is 2.04 bits per heavy atom. The summed E-state index contributed by atoms with van der Waals surface area (Å²) in [6.45, 7) is 0.428. The summed E-state index contributed by atoms with van der Waals surface area (Å²) in [4.78, 5) is 24.2. The number of carbonyl (C=O) groups excluding carboxylic acids is 1. The van der Waals surface area contributed by atoms with Crippen LogP contribution in [0.3, 0.4) is 0 Å². The minimum absolute atomic E-state index is 0.278. The van der Waals surface area contributed by atoms with Crippen molar-refractivity contribution in [3.63, 3.8) is 0 Å². The molecular formula is C19H16ClNO4. The first-order valence-electron chi connectivity index (χ1n) is 7.71. The molecule has 0 radical (unpaired) electrons. The molecule has 3 rings (SSSR count). The summed E-state index contributed by atoms with van der Waals surface area (Å²) < 4.78 is 10.3. The summed E-state index contributed by atoms with van der Waals surface area (Å²) in [5.41, 5.74) is 1.03. The number of rotatable bonds is 5. The van der Waals surface area contributed by atoms with E-state index in [1.807, 2.05) is 18.2 Å². The Labute approximate surface area is 149 Å². The molecule has 1 aromatic heterocycles. The number of carbonyl (C=O) groups is 1. The SMILES string of the molecule is COc1ccc2c(C(=O)NCCc3cccc(Cl)c3)cc(=O)oc2c1. The van der Waals surface area contributed by atoms with E-state index in [1.165, 1.54) is 13.2 Å². The zero-order valence-electron chi connectivity index (χ0n) is 13.5. The number of amides is 1. The fourth-order valence-electron chi connectivity index (χ4n) is 2.57. The van der Waals surface area contributed by atoms with Crippen LogP contribution in [0.1, 0.15) is 15.9 Å². The van der Waals surface area contributed by atoms with Gasteiger partial charge < -0.3 is 14.5 Å². The maximum Gasteiger partial charge on any atom is 0.337 e. The number of nitrogens with one attached hydrogen (secondary N) is 1. The molecular weight excluding hydrogens is 342 g/mol. The molecule has 0 saturated carbocycles. The van der Waals surface area contributed by atoms with Crippen LogP contribution in [-0.4, -0.2) is 19.6 Å². The summed E-state index contributed by atoms with van der Waals surface area (Å²) in [7, 11) is 1.52. The van der Waals surface area contributed by atoms with Crippen LogP contribution in [0.5, 0.6) is 5.75 Å². The van der Waals surface area contributed by atoms with Gasteiger partial charge in [0.25, 0.3) is 5.91 Å². The van der Waals surface area contributed by atoms with Gasteiger partial charge in [0.05, 0.1) is 12.7 Å². The lowest BCUT2D eigenvalue weighted by molar-refractivity contribution is 0.0955. The highest BCUT2D eigenvalue weighted by molar-refractivity contribution is 6.30. The van der Waals surface area contributed by atoms with E-state index < -0.39 is 5.63 Å². The van der Waals surface area contributed by atoms with Crippen molar-refractivity contribution in [1.82, 2.24) is 5.32 Å². The molecule has 2 aromatic carbocycles. The highest BCUT2D eigenvalue weighted by atomic mass is 35.5. The largest absolute Gasteiger partial charge is 0.497 e. The third-order valence-electron chi connectivity index (χ3n) is 3.78. The lowest BCUT2D eigenvalue weighted by Gasteiger charge is -2.08. The van der Waals surface area contributed by atoms with Crippen LogP contribution < -0.4 is 15.7 Å². The highest BCUT2D eigenvalue weighted by Crippen LogP contribution is 2.22. The standard InChI is InChI=1S/C19H16ClNO4/c1-24-14-5-6-15-16(11-18(22)25-17(15)10-14)19(23)21-8-7-12-3-2-4-13(20)9-12/h2-6,9-11H,7-8H2,1H3,(H,21,23). The number of fused-ring (bicyclic) bond motifs is 1. The molecule has 0 spiro atoms. The fourth-order valence-corrected chi connectivity index (χ4v) is 2.78. The lowest BCUT2D eigenvalue weighted by atomic mass is 10.1. The third kappa shape index (κ3) is 4.00. The van der Waals surface area contributed by atoms with Crippen molar-refractivity contribution in [3.05, 3.63) is 75.1 Å². The van der Waals surface area contributed by atoms with E-state index in [9.17, 15) is 9.59 Å². The predicted octanol–water partition coefficient (Wildman–Crippen LogP) is 3.43. The number of halogens is 1. The van der Waals surface area contributed by atoms with E-state index >= 15 is 0 Å². The van der Waals surface area contributed by atoms with Gasteiger partial charge in [-0.25, -0.2) is 4.79 Å². The van der Waals surface area contributed by atoms with Gasteiger partial charge in [0, 0.05) is 29.1 Å². The number of hydrogen-bond acceptors (Lipinski definition) is 4. The Hall–Kier alpha value is -2.79. The molecule has 0 saturated heterocycles. The van der Waals surface area contributed by atoms with Crippen LogP contribution >= 0.6 is 11.6 Å². The summed E-state index contributed by atoms with van der Waals surface area (Å²) >= 11 is 5.95. The Balaban J connectivity index is 1.78. The molecule has 0 aliphatic rings. The van der Waals surface area contributed by atoms with Crippen molar-refractivity contribution < 1.29 is 13.9 Å². The molecule has 3 aromatic rings. The van der Waals surface area contributed by atoms with Crippen molar-refractivity contribution in [3.8, 4) is 5.75 Å². The first kappa shape index (κ1) is 17.0. The Kier molecular flexibility index (Phi) is 5.05. The topological polar surface area (TPSA) is 68.5 Å². The highest BCUT2D eigenvalue weighted by Gasteiger charge is 2.13. The van der Waals surface area contributed by atoms with Crippen molar-refractivity contribution in [2.45, 2.75) is 6.42 Å². The maximum absolute atomic E-state index is 12.5. The van der Waals surface area contributed by atoms with Crippen LogP contribution in [0.4, 0.5) is 0 Å². The molecule has 0 fully saturated rings. The van der Waals surface area contributed by atoms with Gasteiger partial charge in [0.1, 0.15) is 11.3 Å². The maximum atomic E-state index is 12.5. The number of hydrogen-bond donors (Lipinski definition) is 1. The van der Waals surface area contributed by atoms with Gasteiger partial charge in [-0.05, 0) is 36.2 Å². The zero-order valence-corrected chi connectivity index (χ0v) is 14.3. The van der Waals surface area contributed by atoms with Crippen molar-refractivity contribution in [1.29, 1.82) is 0 Å². The quantitative estimate of drug-likeness (QED) is 0.710. The fraction of sp³-hybridized carbons (Fsp3) is 0.158. The average molecular weight is 358 g/mol. The molecule has 1 N–H and O–H groups in total. The van der Waals surface area contributed by atoms with Crippen LogP contribution in [0.25, 0.3) is 11.0 Å². The van der Waals surface area contributed by atoms with Crippen LogP contribution in [-0.2, 0) is 6.42 Å². The van der Waals surface area contributed by atoms with E-state index in [0.29, 0.717) is 34.7 Å². The molecule has 0 aliphatic carbocycles. The Morgan fingerprint density at radius 1 is 1.20 bits per heavy atom. The summed E-state index contributed by atoms with van der Waals surface area (Å²) in [6, 6.07) is 13.6. The monoisotopic (exact) mass is 357 g/mol. The third-order valence-corrected chi connectivity index (χ3v) is 4.02. The molecule has 5 nitrogen and oxygen atoms in total. The van der Waals surface area contributed by atoms with Crippen molar-refractivity contribution in [2.24, 2.45) is 0 Å². The zero-order chi connectivity index (χ0) is 17.8. The van der Waals surface area contributed by atoms with Gasteiger partial charge in [-0.2, -0.15) is 0 Å². The molecule has 0 aliphatic heterocycles. The van der Waals surface area contributed by atoms with E-state index in [4.69, 9.17) is 20.8 Å². The second-order valence-corrected chi connectivity index (χ2v) is 5.91. The van der Waals surface area contributed by atoms with E-state index in [1.54, 1.807) is 24.3 Å². The minimum Gasteiger partial charge on any atom is -0.497 e. The van der Waals surface area contributed by atoms with Gasteiger partial charge in [-0.3, -0.25) is 4.79 Å². The smallest absolute Gasteiger partial charge is 0.337 e. The molecule has 6 heteroatoms. The van der Waals surface area contributed by atoms with Crippen LogP contribution in [0, 0.1) is 0 Å². The number of benzene rings is 2. The van der Waals surface area contributed by atoms with Gasteiger partial charge >= 0.3 is 5.63 Å². The van der Waals surface area contributed by atoms with Gasteiger partial charge in [-0.15, -0.1) is 0 Å². The normalized spacial score (nSPS) is 10.6. The first-order chi connectivity index (χ1) is 12.1. The van der Waals surface area contributed by atoms with E-state index in [0.717, 1.165) is 5.56 Å². The molecule has 1 amide bonds. The Bertz CT molecular complexity index is 981. The van der Waals surface area contributed by atoms with Crippen molar-refractivity contribution >= 4 is 28.5 Å². The summed E-state index contributed by atoms with van der Waals surface area (Å²) in [5, 5.41) is 4.03. The van der Waals surface area contributed by atoms with Gasteiger partial charge in [-0.1, -0.05) is 23.7 Å². The van der Waals surface area contributed by atoms with E-state index in [-0.39, 0.29) is 11.5 Å². The molecule has 0 unspecified atom stereocenters. The first-order valence-corrected chi connectivity index (χ1v) is 8.09. The van der Waals surface area contributed by atoms with Gasteiger partial charge in [0.2, 0.25) is 0 Å². The summed E-state index contributed by atoms with van der Waals surface area (Å²) in [6.07, 6.45) is 0.638. The molecule has 1 heterocycles. The second kappa shape index (κ2) is 7.40. The van der Waals surface area contributed by atoms with Crippen molar-refractivity contribution in [2.75, 3.05) is 13.7 Å². The molecule has 0 bridgehead atoms. The number of ether oxygens (including phenoxy) is 1. The molecule has 128 valence electrons. The second-order valence-electron chi connectivity index (χ2n) is 5.48. The average Bonchev–Trinajstić information content (AvgIpc) is 2.60. The van der Waals surface area contributed by atoms with E-state index in [2.05, 4.69) is 5.32 Å². The van der Waals surface area contributed by atoms with Crippen LogP contribution in [0.15, 0.2) is 57.7 Å². The summed E-state index contributed by atoms with van der Waals surface area (Å²) in [5.74, 6) is 0.222. The minimum atomic E-state index is -0.583. The Morgan fingerprint density at radius 3 is 2.80 bits per heavy atom. The van der Waals surface area contributed by atoms with Crippen LogP contribution in [0.2, 0.25) is 5.02 Å². The predicted molar refractivity (Wildman–Crippen MR) is 96.5 cm³/mol. The molecule has 0 atom stereocenters. The lowest BCUT2D eigenvalue weighted by Crippen LogP contribution is -2.26. The molecule has 25 heavy (non-hydrogen) atoms. The van der Waals surface area contributed by atoms with Gasteiger partial charge in [0.15, 0.2) is 0 Å².